The molecule has 1 aliphatic rings. The Bertz CT molecular complexity index is 1410. The average molecular weight is 498 g/mol. The average Bonchev–Trinajstić information content (AvgIpc) is 3.26. The van der Waals surface area contributed by atoms with Crippen LogP contribution in [-0.2, 0) is 16.0 Å². The third kappa shape index (κ3) is 4.62. The number of benzene rings is 1. The highest BCUT2D eigenvalue weighted by Crippen LogP contribution is 2.32. The van der Waals surface area contributed by atoms with E-state index in [0.717, 1.165) is 21.7 Å². The number of rotatable bonds is 5. The van der Waals surface area contributed by atoms with Gasteiger partial charge in [0, 0.05) is 51.6 Å². The third-order valence-corrected chi connectivity index (χ3v) is 6.79. The zero-order valence-electron chi connectivity index (χ0n) is 18.8. The van der Waals surface area contributed by atoms with Crippen LogP contribution in [0, 0.1) is 13.8 Å². The Morgan fingerprint density at radius 3 is 2.68 bits per heavy atom. The quantitative estimate of drug-likeness (QED) is 0.445. The molecule has 0 bridgehead atoms. The minimum absolute atomic E-state index is 0.128. The highest BCUT2D eigenvalue weighted by Gasteiger charge is 2.21. The predicted molar refractivity (Wildman–Crippen MR) is 133 cm³/mol. The monoisotopic (exact) mass is 497 g/mol. The lowest BCUT2D eigenvalue weighted by Gasteiger charge is -2.27. The molecule has 0 aliphatic carbocycles. The van der Waals surface area contributed by atoms with Crippen molar-refractivity contribution in [2.45, 2.75) is 39.1 Å². The standard InChI is InChI=1S/C24H24ClN5O3S/c1-13-27-9-16-7-19(18-4-3-15(8-20(18)25)21-12-34-14(2)29-21)24(31)30(23(16)28-13)6-5-22-32-10-17(26)11-33-22/h3-4,7-9,12,17,22H,5-6,10-11,26H2,1-2H3. The maximum absolute atomic E-state index is 13.7. The second kappa shape index (κ2) is 9.52. The van der Waals surface area contributed by atoms with Crippen LogP contribution >= 0.6 is 22.9 Å². The molecule has 1 aromatic carbocycles. The molecule has 34 heavy (non-hydrogen) atoms. The van der Waals surface area contributed by atoms with Gasteiger partial charge in [-0.15, -0.1) is 11.3 Å². The Morgan fingerprint density at radius 1 is 1.18 bits per heavy atom. The molecular weight excluding hydrogens is 474 g/mol. The van der Waals surface area contributed by atoms with Crippen LogP contribution in [-0.4, -0.2) is 45.1 Å². The summed E-state index contributed by atoms with van der Waals surface area (Å²) in [6, 6.07) is 7.31. The number of aryl methyl sites for hydroxylation is 3. The molecule has 1 saturated heterocycles. The molecule has 3 aromatic heterocycles. The lowest BCUT2D eigenvalue weighted by molar-refractivity contribution is -0.189. The van der Waals surface area contributed by atoms with Crippen LogP contribution in [0.25, 0.3) is 33.4 Å². The van der Waals surface area contributed by atoms with Crippen molar-refractivity contribution in [1.29, 1.82) is 0 Å². The molecule has 0 unspecified atom stereocenters. The van der Waals surface area contributed by atoms with Gasteiger partial charge in [-0.3, -0.25) is 9.36 Å². The van der Waals surface area contributed by atoms with Gasteiger partial charge < -0.3 is 15.2 Å². The van der Waals surface area contributed by atoms with Gasteiger partial charge in [0.1, 0.15) is 11.5 Å². The zero-order chi connectivity index (χ0) is 23.8. The highest BCUT2D eigenvalue weighted by molar-refractivity contribution is 7.09. The van der Waals surface area contributed by atoms with Crippen molar-refractivity contribution in [2.24, 2.45) is 5.73 Å². The highest BCUT2D eigenvalue weighted by atomic mass is 35.5. The maximum Gasteiger partial charge on any atom is 0.260 e. The fourth-order valence-electron chi connectivity index (χ4n) is 3.99. The van der Waals surface area contributed by atoms with Crippen LogP contribution in [0.4, 0.5) is 0 Å². The van der Waals surface area contributed by atoms with Crippen molar-refractivity contribution < 1.29 is 9.47 Å². The number of hydrogen-bond donors (Lipinski definition) is 1. The van der Waals surface area contributed by atoms with Gasteiger partial charge in [-0.05, 0) is 26.0 Å². The lowest BCUT2D eigenvalue weighted by atomic mass is 10.0. The molecule has 2 N–H and O–H groups in total. The molecule has 5 rings (SSSR count). The Kier molecular flexibility index (Phi) is 6.46. The maximum atomic E-state index is 13.7. The molecule has 1 fully saturated rings. The molecule has 176 valence electrons. The summed E-state index contributed by atoms with van der Waals surface area (Å²) in [4.78, 5) is 27.0. The van der Waals surface area contributed by atoms with Gasteiger partial charge in [-0.25, -0.2) is 15.0 Å². The van der Waals surface area contributed by atoms with Gasteiger partial charge in [0.05, 0.1) is 30.0 Å². The molecule has 0 amide bonds. The summed E-state index contributed by atoms with van der Waals surface area (Å²) < 4.78 is 13.0. The Hall–Kier alpha value is -2.69. The van der Waals surface area contributed by atoms with Crippen molar-refractivity contribution in [3.63, 3.8) is 0 Å². The summed E-state index contributed by atoms with van der Waals surface area (Å²) in [6.45, 7) is 4.99. The van der Waals surface area contributed by atoms with Gasteiger partial charge >= 0.3 is 0 Å². The topological polar surface area (TPSA) is 105 Å². The molecule has 1 aliphatic heterocycles. The summed E-state index contributed by atoms with van der Waals surface area (Å²) in [7, 11) is 0. The van der Waals surface area contributed by atoms with E-state index < -0.39 is 6.29 Å². The first-order chi connectivity index (χ1) is 16.4. The number of aromatic nitrogens is 4. The van der Waals surface area contributed by atoms with Crippen LogP contribution < -0.4 is 11.3 Å². The van der Waals surface area contributed by atoms with E-state index in [4.69, 9.17) is 26.8 Å². The number of nitrogens with zero attached hydrogens (tertiary/aromatic N) is 4. The number of pyridine rings is 1. The second-order valence-electron chi connectivity index (χ2n) is 8.30. The normalized spacial score (nSPS) is 18.5. The van der Waals surface area contributed by atoms with E-state index in [1.165, 1.54) is 0 Å². The minimum Gasteiger partial charge on any atom is -0.351 e. The fraction of sp³-hybridized carbons (Fsp3) is 0.333. The van der Waals surface area contributed by atoms with Gasteiger partial charge in [-0.2, -0.15) is 0 Å². The van der Waals surface area contributed by atoms with Gasteiger partial charge in [-0.1, -0.05) is 23.7 Å². The SMILES string of the molecule is Cc1ncc2cc(-c3ccc(-c4csc(C)n4)cc3Cl)c(=O)n(CCC3OCC(N)CO3)c2n1. The Labute approximate surface area is 205 Å². The Balaban J connectivity index is 1.54. The van der Waals surface area contributed by atoms with Crippen LogP contribution in [0.15, 0.2) is 40.6 Å². The predicted octanol–water partition coefficient (Wildman–Crippen LogP) is 3.94. The van der Waals surface area contributed by atoms with Crippen LogP contribution in [0.3, 0.4) is 0 Å². The van der Waals surface area contributed by atoms with Gasteiger partial charge in [0.15, 0.2) is 6.29 Å². The first kappa shape index (κ1) is 23.1. The zero-order valence-corrected chi connectivity index (χ0v) is 20.4. The van der Waals surface area contributed by atoms with Crippen LogP contribution in [0.2, 0.25) is 5.02 Å². The molecule has 0 atom stereocenters. The number of thiazole rings is 1. The second-order valence-corrected chi connectivity index (χ2v) is 9.77. The molecule has 0 spiro atoms. The summed E-state index contributed by atoms with van der Waals surface area (Å²) in [5.74, 6) is 0.588. The first-order valence-electron chi connectivity index (χ1n) is 11.0. The molecule has 0 saturated carbocycles. The number of hydrogen-bond acceptors (Lipinski definition) is 8. The van der Waals surface area contributed by atoms with Gasteiger partial charge in [0.2, 0.25) is 0 Å². The van der Waals surface area contributed by atoms with Crippen LogP contribution in [0.5, 0.6) is 0 Å². The minimum atomic E-state index is -0.419. The van der Waals surface area contributed by atoms with E-state index >= 15 is 0 Å². The molecule has 4 heterocycles. The van der Waals surface area contributed by atoms with Gasteiger partial charge in [0.25, 0.3) is 5.56 Å². The number of ether oxygens (including phenoxy) is 2. The van der Waals surface area contributed by atoms with Crippen molar-refractivity contribution in [2.75, 3.05) is 13.2 Å². The van der Waals surface area contributed by atoms with E-state index in [-0.39, 0.29) is 11.6 Å². The third-order valence-electron chi connectivity index (χ3n) is 5.70. The Morgan fingerprint density at radius 2 is 1.97 bits per heavy atom. The molecule has 10 heteroatoms. The molecule has 8 nitrogen and oxygen atoms in total. The molecule has 0 radical (unpaired) electrons. The molecular formula is C24H24ClN5O3S. The molecule has 4 aromatic rings. The van der Waals surface area contributed by atoms with E-state index in [0.29, 0.717) is 53.8 Å². The van der Waals surface area contributed by atoms with Crippen molar-refractivity contribution >= 4 is 34.0 Å². The first-order valence-corrected chi connectivity index (χ1v) is 12.2. The largest absolute Gasteiger partial charge is 0.351 e. The number of fused-ring (bicyclic) bond motifs is 1. The van der Waals surface area contributed by atoms with Crippen molar-refractivity contribution in [3.8, 4) is 22.4 Å². The summed E-state index contributed by atoms with van der Waals surface area (Å²) in [5, 5.41) is 4.21. The summed E-state index contributed by atoms with van der Waals surface area (Å²) in [6.07, 6.45) is 1.80. The summed E-state index contributed by atoms with van der Waals surface area (Å²) >= 11 is 8.26. The van der Waals surface area contributed by atoms with Crippen molar-refractivity contribution in [3.05, 3.63) is 62.1 Å². The smallest absolute Gasteiger partial charge is 0.260 e. The lowest BCUT2D eigenvalue weighted by Crippen LogP contribution is -2.41. The van der Waals surface area contributed by atoms with E-state index in [9.17, 15) is 4.79 Å². The summed E-state index contributed by atoms with van der Waals surface area (Å²) in [5.41, 5.74) is 9.12. The van der Waals surface area contributed by atoms with E-state index in [1.54, 1.807) is 35.1 Å². The number of nitrogens with two attached hydrogens (primary N) is 1. The van der Waals surface area contributed by atoms with Crippen molar-refractivity contribution in [1.82, 2.24) is 19.5 Å². The van der Waals surface area contributed by atoms with E-state index in [1.807, 2.05) is 30.5 Å². The van der Waals surface area contributed by atoms with Crippen LogP contribution in [0.1, 0.15) is 17.3 Å². The van der Waals surface area contributed by atoms with E-state index in [2.05, 4.69) is 15.0 Å². The fourth-order valence-corrected chi connectivity index (χ4v) is 4.90. The number of halogens is 1.